The molecule has 3 rings (SSSR count). The molecule has 3 nitrogen and oxygen atoms in total. The Morgan fingerprint density at radius 1 is 1.08 bits per heavy atom. The van der Waals surface area contributed by atoms with Crippen LogP contribution >= 0.6 is 0 Å². The largest absolute Gasteiger partial charge is 0.497 e. The summed E-state index contributed by atoms with van der Waals surface area (Å²) in [7, 11) is 1.67. The van der Waals surface area contributed by atoms with E-state index in [-0.39, 0.29) is 5.78 Å². The maximum Gasteiger partial charge on any atom is 0.176 e. The number of carbonyl (C=O) groups is 1. The molecule has 1 aliphatic heterocycles. The second kappa shape index (κ2) is 7.63. The minimum Gasteiger partial charge on any atom is -0.497 e. The van der Waals surface area contributed by atoms with Crippen molar-refractivity contribution < 1.29 is 9.53 Å². The molecule has 0 aromatic heterocycles. The molecule has 3 heteroatoms. The molecule has 0 aliphatic carbocycles. The van der Waals surface area contributed by atoms with Gasteiger partial charge in [-0.25, -0.2) is 0 Å². The van der Waals surface area contributed by atoms with Crippen LogP contribution in [0.5, 0.6) is 5.75 Å². The van der Waals surface area contributed by atoms with Crippen LogP contribution in [0, 0.1) is 5.92 Å². The maximum atomic E-state index is 12.5. The molecule has 126 valence electrons. The second-order valence-corrected chi connectivity index (χ2v) is 6.71. The molecule has 1 heterocycles. The monoisotopic (exact) mass is 323 g/mol. The summed E-state index contributed by atoms with van der Waals surface area (Å²) in [6.45, 7) is 4.88. The van der Waals surface area contributed by atoms with Crippen molar-refractivity contribution in [1.29, 1.82) is 0 Å². The van der Waals surface area contributed by atoms with Gasteiger partial charge in [-0.15, -0.1) is 0 Å². The van der Waals surface area contributed by atoms with Crippen LogP contribution in [0.25, 0.3) is 11.1 Å². The topological polar surface area (TPSA) is 29.5 Å². The molecule has 24 heavy (non-hydrogen) atoms. The minimum atomic E-state index is 0.213. The molecular weight excluding hydrogens is 298 g/mol. The number of carbonyl (C=O) groups excluding carboxylic acids is 1. The van der Waals surface area contributed by atoms with Crippen LogP contribution in [-0.2, 0) is 0 Å². The normalized spacial score (nSPS) is 18.3. The van der Waals surface area contributed by atoms with E-state index in [2.05, 4.69) is 11.8 Å². The summed E-state index contributed by atoms with van der Waals surface area (Å²) in [5, 5.41) is 0. The molecule has 1 aliphatic rings. The predicted molar refractivity (Wildman–Crippen MR) is 97.6 cm³/mol. The van der Waals surface area contributed by atoms with Crippen molar-refractivity contribution in [2.24, 2.45) is 5.92 Å². The van der Waals surface area contributed by atoms with Crippen LogP contribution in [0.3, 0.4) is 0 Å². The Kier molecular flexibility index (Phi) is 5.31. The van der Waals surface area contributed by atoms with Gasteiger partial charge in [-0.2, -0.15) is 0 Å². The van der Waals surface area contributed by atoms with E-state index in [1.165, 1.54) is 12.8 Å². The number of nitrogens with zero attached hydrogens (tertiary/aromatic N) is 1. The fourth-order valence-corrected chi connectivity index (χ4v) is 3.36. The predicted octanol–water partition coefficient (Wildman–Crippen LogP) is 4.28. The highest BCUT2D eigenvalue weighted by Crippen LogP contribution is 2.23. The molecule has 0 amide bonds. The molecule has 1 atom stereocenters. The molecular formula is C21H25NO2. The molecule has 0 saturated carbocycles. The number of benzene rings is 2. The number of methoxy groups -OCH3 is 1. The van der Waals surface area contributed by atoms with Crippen LogP contribution in [-0.4, -0.2) is 37.4 Å². The van der Waals surface area contributed by atoms with E-state index < -0.39 is 0 Å². The molecule has 2 aromatic rings. The smallest absolute Gasteiger partial charge is 0.176 e. The lowest BCUT2D eigenvalue weighted by Crippen LogP contribution is -2.37. The third-order valence-electron chi connectivity index (χ3n) is 4.74. The van der Waals surface area contributed by atoms with Gasteiger partial charge >= 0.3 is 0 Å². The Labute approximate surface area is 144 Å². The van der Waals surface area contributed by atoms with Crippen LogP contribution in [0.4, 0.5) is 0 Å². The SMILES string of the molecule is COc1ccc(-c2ccc(C(=O)CN3CCCC(C)C3)cc2)cc1. The number of hydrogen-bond acceptors (Lipinski definition) is 3. The van der Waals surface area contributed by atoms with Gasteiger partial charge in [-0.1, -0.05) is 43.3 Å². The van der Waals surface area contributed by atoms with E-state index in [0.29, 0.717) is 12.5 Å². The van der Waals surface area contributed by atoms with Gasteiger partial charge in [-0.3, -0.25) is 9.69 Å². The Morgan fingerprint density at radius 2 is 1.71 bits per heavy atom. The lowest BCUT2D eigenvalue weighted by Gasteiger charge is -2.30. The number of hydrogen-bond donors (Lipinski definition) is 0. The molecule has 0 bridgehead atoms. The summed E-state index contributed by atoms with van der Waals surface area (Å²) in [6, 6.07) is 15.9. The zero-order chi connectivity index (χ0) is 16.9. The highest BCUT2D eigenvalue weighted by atomic mass is 16.5. The summed E-state index contributed by atoms with van der Waals surface area (Å²) in [5.41, 5.74) is 3.03. The van der Waals surface area contributed by atoms with Crippen molar-refractivity contribution >= 4 is 5.78 Å². The fourth-order valence-electron chi connectivity index (χ4n) is 3.36. The fraction of sp³-hybridized carbons (Fsp3) is 0.381. The average molecular weight is 323 g/mol. The van der Waals surface area contributed by atoms with Crippen molar-refractivity contribution in [2.75, 3.05) is 26.7 Å². The van der Waals surface area contributed by atoms with E-state index in [4.69, 9.17) is 4.74 Å². The summed E-state index contributed by atoms with van der Waals surface area (Å²) in [5.74, 6) is 1.76. The van der Waals surface area contributed by atoms with E-state index in [0.717, 1.165) is 35.5 Å². The van der Waals surface area contributed by atoms with Gasteiger partial charge in [0, 0.05) is 12.1 Å². The standard InChI is InChI=1S/C21H25NO2/c1-16-4-3-13-22(14-16)15-21(23)19-7-5-17(6-8-19)18-9-11-20(24-2)12-10-18/h5-12,16H,3-4,13-15H2,1-2H3. The highest BCUT2D eigenvalue weighted by Gasteiger charge is 2.19. The zero-order valence-corrected chi connectivity index (χ0v) is 14.5. The quantitative estimate of drug-likeness (QED) is 0.769. The van der Waals surface area contributed by atoms with Crippen molar-refractivity contribution in [1.82, 2.24) is 4.90 Å². The van der Waals surface area contributed by atoms with Gasteiger partial charge in [0.25, 0.3) is 0 Å². The van der Waals surface area contributed by atoms with Crippen molar-refractivity contribution in [3.05, 3.63) is 54.1 Å². The molecule has 0 spiro atoms. The summed E-state index contributed by atoms with van der Waals surface area (Å²) < 4.78 is 5.19. The van der Waals surface area contributed by atoms with E-state index in [1.807, 2.05) is 48.5 Å². The van der Waals surface area contributed by atoms with E-state index >= 15 is 0 Å². The number of ether oxygens (including phenoxy) is 1. The van der Waals surface area contributed by atoms with Crippen LogP contribution < -0.4 is 4.74 Å². The average Bonchev–Trinajstić information content (AvgIpc) is 2.62. The van der Waals surface area contributed by atoms with Gasteiger partial charge < -0.3 is 4.74 Å². The first-order valence-corrected chi connectivity index (χ1v) is 8.66. The van der Waals surface area contributed by atoms with Crippen molar-refractivity contribution in [2.45, 2.75) is 19.8 Å². The van der Waals surface area contributed by atoms with E-state index in [1.54, 1.807) is 7.11 Å². The molecule has 1 fully saturated rings. The van der Waals surface area contributed by atoms with Gasteiger partial charge in [0.15, 0.2) is 5.78 Å². The molecule has 1 saturated heterocycles. The summed E-state index contributed by atoms with van der Waals surface area (Å²) in [6.07, 6.45) is 2.48. The maximum absolute atomic E-state index is 12.5. The number of likely N-dealkylation sites (tertiary alicyclic amines) is 1. The Morgan fingerprint density at radius 3 is 2.29 bits per heavy atom. The van der Waals surface area contributed by atoms with Gasteiger partial charge in [0.05, 0.1) is 13.7 Å². The van der Waals surface area contributed by atoms with E-state index in [9.17, 15) is 4.79 Å². The van der Waals surface area contributed by atoms with Gasteiger partial charge in [-0.05, 0) is 48.6 Å². The van der Waals surface area contributed by atoms with Crippen molar-refractivity contribution in [3.63, 3.8) is 0 Å². The van der Waals surface area contributed by atoms with Crippen LogP contribution in [0.2, 0.25) is 0 Å². The minimum absolute atomic E-state index is 0.213. The van der Waals surface area contributed by atoms with Crippen LogP contribution in [0.15, 0.2) is 48.5 Å². The summed E-state index contributed by atoms with van der Waals surface area (Å²) in [4.78, 5) is 14.8. The van der Waals surface area contributed by atoms with Crippen LogP contribution in [0.1, 0.15) is 30.1 Å². The lowest BCUT2D eigenvalue weighted by molar-refractivity contribution is 0.0893. The number of piperidine rings is 1. The number of rotatable bonds is 5. The Balaban J connectivity index is 1.65. The molecule has 0 radical (unpaired) electrons. The van der Waals surface area contributed by atoms with Gasteiger partial charge in [0.2, 0.25) is 0 Å². The first-order valence-electron chi connectivity index (χ1n) is 8.66. The molecule has 2 aromatic carbocycles. The first-order chi connectivity index (χ1) is 11.7. The Bertz CT molecular complexity index is 676. The molecule has 0 N–H and O–H groups in total. The Hall–Kier alpha value is -2.13. The van der Waals surface area contributed by atoms with Crippen molar-refractivity contribution in [3.8, 4) is 16.9 Å². The first kappa shape index (κ1) is 16.7. The number of ketones is 1. The second-order valence-electron chi connectivity index (χ2n) is 6.71. The number of Topliss-reactive ketones (excluding diaryl/α,β-unsaturated/α-hetero) is 1. The summed E-state index contributed by atoms with van der Waals surface area (Å²) >= 11 is 0. The zero-order valence-electron chi connectivity index (χ0n) is 14.5. The third kappa shape index (κ3) is 4.04. The van der Waals surface area contributed by atoms with Gasteiger partial charge in [0.1, 0.15) is 5.75 Å². The lowest BCUT2D eigenvalue weighted by atomic mass is 9.99. The third-order valence-corrected chi connectivity index (χ3v) is 4.74. The highest BCUT2D eigenvalue weighted by molar-refractivity contribution is 5.98. The molecule has 1 unspecified atom stereocenters.